The Labute approximate surface area is 141 Å². The van der Waals surface area contributed by atoms with E-state index in [0.29, 0.717) is 6.54 Å². The minimum Gasteiger partial charge on any atom is -0.497 e. The van der Waals surface area contributed by atoms with Crippen molar-refractivity contribution in [1.82, 2.24) is 5.32 Å². The van der Waals surface area contributed by atoms with Gasteiger partial charge in [0.05, 0.1) is 12.5 Å². The van der Waals surface area contributed by atoms with Gasteiger partial charge in [-0.15, -0.1) is 0 Å². The fraction of sp³-hybridized carbons (Fsp3) is 0.350. The summed E-state index contributed by atoms with van der Waals surface area (Å²) in [7, 11) is 1.64. The molecule has 0 aliphatic heterocycles. The molecule has 4 heteroatoms. The zero-order valence-corrected chi connectivity index (χ0v) is 13.8. The summed E-state index contributed by atoms with van der Waals surface area (Å²) >= 11 is 0. The van der Waals surface area contributed by atoms with Gasteiger partial charge in [-0.2, -0.15) is 0 Å². The highest BCUT2D eigenvalue weighted by Crippen LogP contribution is 2.43. The average molecular weight is 327 g/mol. The first-order valence-electron chi connectivity index (χ1n) is 8.31. The van der Waals surface area contributed by atoms with Crippen molar-refractivity contribution in [2.75, 3.05) is 13.7 Å². The second kappa shape index (κ2) is 7.04. The van der Waals surface area contributed by atoms with E-state index in [1.165, 1.54) is 12.1 Å². The van der Waals surface area contributed by atoms with E-state index < -0.39 is 5.41 Å². The van der Waals surface area contributed by atoms with Crippen molar-refractivity contribution in [2.45, 2.75) is 31.1 Å². The fourth-order valence-electron chi connectivity index (χ4n) is 3.23. The highest BCUT2D eigenvalue weighted by atomic mass is 19.1. The monoisotopic (exact) mass is 327 g/mol. The Bertz CT molecular complexity index is 691. The summed E-state index contributed by atoms with van der Waals surface area (Å²) in [5.74, 6) is 0.606. The average Bonchev–Trinajstić information content (AvgIpc) is 2.56. The lowest BCUT2D eigenvalue weighted by molar-refractivity contribution is -0.129. The fourth-order valence-corrected chi connectivity index (χ4v) is 3.23. The number of carbonyl (C=O) groups is 1. The van der Waals surface area contributed by atoms with Gasteiger partial charge in [-0.05, 0) is 54.7 Å². The van der Waals surface area contributed by atoms with Crippen LogP contribution in [0.15, 0.2) is 48.5 Å². The van der Waals surface area contributed by atoms with Gasteiger partial charge in [0, 0.05) is 6.54 Å². The third-order valence-electron chi connectivity index (χ3n) is 4.90. The maximum atomic E-state index is 13.1. The topological polar surface area (TPSA) is 38.3 Å². The normalized spacial score (nSPS) is 15.4. The zero-order valence-electron chi connectivity index (χ0n) is 13.8. The summed E-state index contributed by atoms with van der Waals surface area (Å²) in [5.41, 5.74) is 1.59. The summed E-state index contributed by atoms with van der Waals surface area (Å²) in [5, 5.41) is 3.05. The molecule has 1 N–H and O–H groups in total. The van der Waals surface area contributed by atoms with Crippen LogP contribution >= 0.6 is 0 Å². The molecule has 1 fully saturated rings. The number of benzene rings is 2. The SMILES string of the molecule is COc1ccc(CCNC(=O)C2(c3ccc(F)cc3)CCC2)cc1. The molecule has 0 heterocycles. The number of rotatable bonds is 6. The van der Waals surface area contributed by atoms with Gasteiger partial charge in [-0.25, -0.2) is 4.39 Å². The highest BCUT2D eigenvalue weighted by molar-refractivity contribution is 5.89. The van der Waals surface area contributed by atoms with Crippen LogP contribution in [-0.2, 0) is 16.6 Å². The van der Waals surface area contributed by atoms with Crippen molar-refractivity contribution >= 4 is 5.91 Å². The molecule has 3 nitrogen and oxygen atoms in total. The Morgan fingerprint density at radius 3 is 2.33 bits per heavy atom. The molecule has 1 amide bonds. The number of hydrogen-bond acceptors (Lipinski definition) is 2. The van der Waals surface area contributed by atoms with E-state index in [0.717, 1.165) is 42.6 Å². The van der Waals surface area contributed by atoms with Crippen molar-refractivity contribution < 1.29 is 13.9 Å². The maximum Gasteiger partial charge on any atom is 0.230 e. The van der Waals surface area contributed by atoms with Crippen LogP contribution < -0.4 is 10.1 Å². The molecular weight excluding hydrogens is 305 g/mol. The summed E-state index contributed by atoms with van der Waals surface area (Å²) in [4.78, 5) is 12.7. The Hall–Kier alpha value is -2.36. The number of nitrogens with one attached hydrogen (secondary N) is 1. The van der Waals surface area contributed by atoms with Gasteiger partial charge in [-0.1, -0.05) is 30.7 Å². The molecule has 3 rings (SSSR count). The van der Waals surface area contributed by atoms with Crippen LogP contribution in [0.3, 0.4) is 0 Å². The third kappa shape index (κ3) is 3.28. The number of amides is 1. The van der Waals surface area contributed by atoms with Crippen LogP contribution in [0.2, 0.25) is 0 Å². The van der Waals surface area contributed by atoms with E-state index in [9.17, 15) is 9.18 Å². The molecule has 1 aliphatic carbocycles. The minimum atomic E-state index is -0.479. The first kappa shape index (κ1) is 16.5. The van der Waals surface area contributed by atoms with E-state index in [1.807, 2.05) is 24.3 Å². The van der Waals surface area contributed by atoms with Gasteiger partial charge < -0.3 is 10.1 Å². The van der Waals surface area contributed by atoms with Crippen molar-refractivity contribution in [1.29, 1.82) is 0 Å². The van der Waals surface area contributed by atoms with E-state index >= 15 is 0 Å². The molecule has 0 aromatic heterocycles. The van der Waals surface area contributed by atoms with Gasteiger partial charge in [0.15, 0.2) is 0 Å². The van der Waals surface area contributed by atoms with Gasteiger partial charge in [-0.3, -0.25) is 4.79 Å². The van der Waals surface area contributed by atoms with Gasteiger partial charge in [0.25, 0.3) is 0 Å². The molecule has 1 aliphatic rings. The van der Waals surface area contributed by atoms with Crippen LogP contribution in [-0.4, -0.2) is 19.6 Å². The van der Waals surface area contributed by atoms with Crippen molar-refractivity contribution in [2.24, 2.45) is 0 Å². The van der Waals surface area contributed by atoms with E-state index in [-0.39, 0.29) is 11.7 Å². The lowest BCUT2D eigenvalue weighted by Crippen LogP contribution is -2.49. The molecule has 0 radical (unpaired) electrons. The lowest BCUT2D eigenvalue weighted by Gasteiger charge is -2.40. The molecule has 1 saturated carbocycles. The standard InChI is InChI=1S/C20H22FNO2/c1-24-18-9-3-15(4-10-18)11-14-22-19(23)20(12-2-13-20)16-5-7-17(21)8-6-16/h3-10H,2,11-14H2,1H3,(H,22,23). The molecule has 24 heavy (non-hydrogen) atoms. The Balaban J connectivity index is 1.59. The van der Waals surface area contributed by atoms with Crippen molar-refractivity contribution in [3.05, 3.63) is 65.5 Å². The number of methoxy groups -OCH3 is 1. The molecule has 2 aromatic rings. The van der Waals surface area contributed by atoms with Crippen LogP contribution in [0.25, 0.3) is 0 Å². The smallest absolute Gasteiger partial charge is 0.230 e. The van der Waals surface area contributed by atoms with Crippen molar-refractivity contribution in [3.63, 3.8) is 0 Å². The summed E-state index contributed by atoms with van der Waals surface area (Å²) < 4.78 is 18.3. The van der Waals surface area contributed by atoms with E-state index in [1.54, 1.807) is 19.2 Å². The molecule has 0 spiro atoms. The molecule has 2 aromatic carbocycles. The summed E-state index contributed by atoms with van der Waals surface area (Å²) in [6.07, 6.45) is 3.46. The molecule has 126 valence electrons. The van der Waals surface area contributed by atoms with Crippen molar-refractivity contribution in [3.8, 4) is 5.75 Å². The third-order valence-corrected chi connectivity index (χ3v) is 4.90. The predicted molar refractivity (Wildman–Crippen MR) is 91.6 cm³/mol. The van der Waals surface area contributed by atoms with Crippen LogP contribution in [0.5, 0.6) is 5.75 Å². The van der Waals surface area contributed by atoms with Gasteiger partial charge in [0.2, 0.25) is 5.91 Å². The minimum absolute atomic E-state index is 0.0499. The number of ether oxygens (including phenoxy) is 1. The predicted octanol–water partition coefficient (Wildman–Crippen LogP) is 3.61. The summed E-state index contributed by atoms with van der Waals surface area (Å²) in [6.45, 7) is 0.591. The van der Waals surface area contributed by atoms with Crippen LogP contribution in [0.4, 0.5) is 4.39 Å². The number of carbonyl (C=O) groups excluding carboxylic acids is 1. The second-order valence-electron chi connectivity index (χ2n) is 6.30. The zero-order chi connectivity index (χ0) is 17.0. The van der Waals surface area contributed by atoms with Gasteiger partial charge >= 0.3 is 0 Å². The number of halogens is 1. The Morgan fingerprint density at radius 1 is 1.12 bits per heavy atom. The summed E-state index contributed by atoms with van der Waals surface area (Å²) in [6, 6.07) is 14.2. The van der Waals surface area contributed by atoms with E-state index in [2.05, 4.69) is 5.32 Å². The first-order chi connectivity index (χ1) is 11.6. The maximum absolute atomic E-state index is 13.1. The largest absolute Gasteiger partial charge is 0.497 e. The molecule has 0 bridgehead atoms. The molecular formula is C20H22FNO2. The van der Waals surface area contributed by atoms with Crippen LogP contribution in [0.1, 0.15) is 30.4 Å². The van der Waals surface area contributed by atoms with Crippen LogP contribution in [0, 0.1) is 5.82 Å². The molecule has 0 unspecified atom stereocenters. The second-order valence-corrected chi connectivity index (χ2v) is 6.30. The Kier molecular flexibility index (Phi) is 4.84. The lowest BCUT2D eigenvalue weighted by atomic mass is 9.64. The Morgan fingerprint density at radius 2 is 1.79 bits per heavy atom. The molecule has 0 atom stereocenters. The molecule has 0 saturated heterocycles. The number of hydrogen-bond donors (Lipinski definition) is 1. The highest BCUT2D eigenvalue weighted by Gasteiger charge is 2.45. The van der Waals surface area contributed by atoms with E-state index in [4.69, 9.17) is 4.74 Å². The van der Waals surface area contributed by atoms with Gasteiger partial charge in [0.1, 0.15) is 11.6 Å². The first-order valence-corrected chi connectivity index (χ1v) is 8.31. The quantitative estimate of drug-likeness (QED) is 0.880.